The van der Waals surface area contributed by atoms with E-state index in [4.69, 9.17) is 5.26 Å². The fourth-order valence-corrected chi connectivity index (χ4v) is 5.70. The van der Waals surface area contributed by atoms with E-state index in [9.17, 15) is 4.79 Å². The second-order valence-electron chi connectivity index (χ2n) is 7.49. The van der Waals surface area contributed by atoms with Gasteiger partial charge in [-0.15, -0.1) is 0 Å². The number of thioether (sulfide) groups is 1. The number of anilines is 1. The summed E-state index contributed by atoms with van der Waals surface area (Å²) in [6.45, 7) is 0. The second-order valence-corrected chi connectivity index (χ2v) is 8.35. The van der Waals surface area contributed by atoms with Crippen molar-refractivity contribution in [2.75, 3.05) is 5.32 Å². The lowest BCUT2D eigenvalue weighted by molar-refractivity contribution is -0.0127. The molecule has 23 heavy (non-hydrogen) atoms. The molecule has 1 aromatic carbocycles. The van der Waals surface area contributed by atoms with Crippen LogP contribution in [0.2, 0.25) is 0 Å². The first kappa shape index (κ1) is 14.9. The van der Waals surface area contributed by atoms with Gasteiger partial charge in [0, 0.05) is 16.1 Å². The number of benzene rings is 1. The quantitative estimate of drug-likeness (QED) is 0.641. The molecule has 0 unspecified atom stereocenters. The molecular formula is C18H21N3OS. The van der Waals surface area contributed by atoms with Gasteiger partial charge in [-0.1, -0.05) is 0 Å². The Hall–Kier alpha value is -1.67. The molecule has 4 fully saturated rings. The van der Waals surface area contributed by atoms with Crippen LogP contribution in [0, 0.1) is 28.4 Å². The van der Waals surface area contributed by atoms with E-state index in [1.807, 2.05) is 29.7 Å². The van der Waals surface area contributed by atoms with Gasteiger partial charge < -0.3 is 10.6 Å². The average molecular weight is 327 g/mol. The second kappa shape index (κ2) is 5.76. The fraction of sp³-hybridized carbons (Fsp3) is 0.556. The third-order valence-corrected chi connectivity index (χ3v) is 6.29. The molecule has 4 nitrogen and oxygen atoms in total. The summed E-state index contributed by atoms with van der Waals surface area (Å²) in [5.41, 5.74) is 0.810. The number of hydrogen-bond donors (Lipinski definition) is 2. The number of urea groups is 1. The number of carbonyl (C=O) groups is 1. The molecular weight excluding hydrogens is 306 g/mol. The maximum absolute atomic E-state index is 12.4. The zero-order valence-corrected chi connectivity index (χ0v) is 13.9. The van der Waals surface area contributed by atoms with Crippen molar-refractivity contribution in [2.45, 2.75) is 49.0 Å². The van der Waals surface area contributed by atoms with Crippen molar-refractivity contribution in [1.82, 2.24) is 5.32 Å². The largest absolute Gasteiger partial charge is 0.332 e. The lowest BCUT2D eigenvalue weighted by Gasteiger charge is -2.56. The minimum absolute atomic E-state index is 0.0371. The van der Waals surface area contributed by atoms with E-state index in [1.165, 1.54) is 19.3 Å². The van der Waals surface area contributed by atoms with Gasteiger partial charge in [0.05, 0.1) is 0 Å². The van der Waals surface area contributed by atoms with Crippen LogP contribution in [0.5, 0.6) is 0 Å². The third-order valence-electron chi connectivity index (χ3n) is 5.69. The molecule has 0 saturated heterocycles. The topological polar surface area (TPSA) is 64.9 Å². The minimum atomic E-state index is -0.0902. The van der Waals surface area contributed by atoms with E-state index < -0.39 is 0 Å². The Balaban J connectivity index is 1.39. The maximum Gasteiger partial charge on any atom is 0.319 e. The number of carbonyl (C=O) groups excluding carboxylic acids is 1. The maximum atomic E-state index is 12.4. The molecule has 4 aliphatic carbocycles. The molecule has 2 N–H and O–H groups in total. The van der Waals surface area contributed by atoms with Crippen LogP contribution in [0.3, 0.4) is 0 Å². The van der Waals surface area contributed by atoms with Crippen molar-refractivity contribution in [2.24, 2.45) is 17.8 Å². The zero-order valence-electron chi connectivity index (χ0n) is 13.0. The summed E-state index contributed by atoms with van der Waals surface area (Å²) in [5, 5.41) is 17.0. The minimum Gasteiger partial charge on any atom is -0.332 e. The van der Waals surface area contributed by atoms with Crippen LogP contribution in [-0.2, 0) is 0 Å². The van der Waals surface area contributed by atoms with Gasteiger partial charge in [-0.2, -0.15) is 5.26 Å². The summed E-state index contributed by atoms with van der Waals surface area (Å²) in [7, 11) is 0. The van der Waals surface area contributed by atoms with E-state index in [1.54, 1.807) is 0 Å². The molecule has 0 radical (unpaired) electrons. The van der Waals surface area contributed by atoms with E-state index in [2.05, 4.69) is 10.6 Å². The number of thiocyanates is 1. The van der Waals surface area contributed by atoms with Gasteiger partial charge in [0.1, 0.15) is 5.40 Å². The van der Waals surface area contributed by atoms with Crippen molar-refractivity contribution < 1.29 is 4.79 Å². The molecule has 0 aliphatic heterocycles. The number of nitrogens with one attached hydrogen (secondary N) is 2. The third kappa shape index (κ3) is 3.05. The Kier molecular flexibility index (Phi) is 3.73. The van der Waals surface area contributed by atoms with Gasteiger partial charge in [0.25, 0.3) is 0 Å². The molecule has 4 aliphatic rings. The molecule has 4 bridgehead atoms. The first-order valence-electron chi connectivity index (χ1n) is 8.39. The van der Waals surface area contributed by atoms with Crippen LogP contribution in [0.25, 0.3) is 0 Å². The van der Waals surface area contributed by atoms with Crippen LogP contribution in [-0.4, -0.2) is 11.6 Å². The van der Waals surface area contributed by atoms with Crippen molar-refractivity contribution >= 4 is 23.5 Å². The molecule has 1 aromatic rings. The summed E-state index contributed by atoms with van der Waals surface area (Å²) in [5.74, 6) is 2.47. The first-order valence-corrected chi connectivity index (χ1v) is 9.21. The molecule has 2 amide bonds. The van der Waals surface area contributed by atoms with E-state index >= 15 is 0 Å². The molecule has 5 heteroatoms. The standard InChI is InChI=1S/C18H21N3OS/c19-11-23-16-3-1-15(2-4-16)20-17(22)21-18-8-12-5-13(9-18)7-14(6-12)10-18/h1-4,12-14H,5-10H2,(H2,20,21,22). The molecule has 0 aromatic heterocycles. The van der Waals surface area contributed by atoms with Crippen molar-refractivity contribution in [3.05, 3.63) is 24.3 Å². The molecule has 0 spiro atoms. The normalized spacial score (nSPS) is 34.0. The highest BCUT2D eigenvalue weighted by molar-refractivity contribution is 8.03. The van der Waals surface area contributed by atoms with Crippen LogP contribution in [0.15, 0.2) is 29.2 Å². The lowest BCUT2D eigenvalue weighted by atomic mass is 9.53. The van der Waals surface area contributed by atoms with Crippen LogP contribution < -0.4 is 10.6 Å². The van der Waals surface area contributed by atoms with E-state index in [0.29, 0.717) is 0 Å². The van der Waals surface area contributed by atoms with Gasteiger partial charge in [-0.05, 0) is 92.3 Å². The van der Waals surface area contributed by atoms with E-state index in [-0.39, 0.29) is 11.6 Å². The first-order chi connectivity index (χ1) is 11.1. The highest BCUT2D eigenvalue weighted by Gasteiger charge is 2.51. The highest BCUT2D eigenvalue weighted by atomic mass is 32.2. The van der Waals surface area contributed by atoms with Crippen molar-refractivity contribution in [1.29, 1.82) is 5.26 Å². The van der Waals surface area contributed by atoms with Gasteiger partial charge in [0.15, 0.2) is 0 Å². The summed E-state index contributed by atoms with van der Waals surface area (Å²) < 4.78 is 0. The van der Waals surface area contributed by atoms with Crippen LogP contribution >= 0.6 is 11.8 Å². The SMILES string of the molecule is N#CSc1ccc(NC(=O)NC23CC4CC(CC(C4)C2)C3)cc1. The zero-order chi connectivity index (χ0) is 15.9. The predicted molar refractivity (Wildman–Crippen MR) is 91.0 cm³/mol. The number of nitriles is 1. The molecule has 4 saturated carbocycles. The molecule has 120 valence electrons. The predicted octanol–water partition coefficient (Wildman–Crippen LogP) is 4.35. The molecule has 0 heterocycles. The smallest absolute Gasteiger partial charge is 0.319 e. The Bertz CT molecular complexity index is 614. The van der Waals surface area contributed by atoms with Gasteiger partial charge in [-0.25, -0.2) is 4.79 Å². The summed E-state index contributed by atoms with van der Waals surface area (Å²) in [4.78, 5) is 13.3. The van der Waals surface area contributed by atoms with Crippen LogP contribution in [0.1, 0.15) is 38.5 Å². The Labute approximate surface area is 141 Å². The Morgan fingerprint density at radius 1 is 1.09 bits per heavy atom. The Morgan fingerprint density at radius 2 is 1.65 bits per heavy atom. The van der Waals surface area contributed by atoms with Crippen LogP contribution in [0.4, 0.5) is 10.5 Å². The van der Waals surface area contributed by atoms with Gasteiger partial charge in [0.2, 0.25) is 0 Å². The van der Waals surface area contributed by atoms with E-state index in [0.717, 1.165) is 59.4 Å². The summed E-state index contributed by atoms with van der Waals surface area (Å²) in [6, 6.07) is 7.31. The van der Waals surface area contributed by atoms with Crippen molar-refractivity contribution in [3.8, 4) is 5.40 Å². The fourth-order valence-electron chi connectivity index (χ4n) is 5.33. The van der Waals surface area contributed by atoms with Crippen molar-refractivity contribution in [3.63, 3.8) is 0 Å². The monoisotopic (exact) mass is 327 g/mol. The molecule has 5 rings (SSSR count). The highest BCUT2D eigenvalue weighted by Crippen LogP contribution is 2.55. The number of amides is 2. The number of nitrogens with zero attached hydrogens (tertiary/aromatic N) is 1. The van der Waals surface area contributed by atoms with Gasteiger partial charge >= 0.3 is 6.03 Å². The average Bonchev–Trinajstić information content (AvgIpc) is 2.47. The number of rotatable bonds is 3. The Morgan fingerprint density at radius 3 is 2.17 bits per heavy atom. The van der Waals surface area contributed by atoms with Gasteiger partial charge in [-0.3, -0.25) is 0 Å². The summed E-state index contributed by atoms with van der Waals surface area (Å²) >= 11 is 1.12. The number of hydrogen-bond acceptors (Lipinski definition) is 3. The lowest BCUT2D eigenvalue weighted by Crippen LogP contribution is -2.60. The summed E-state index contributed by atoms with van der Waals surface area (Å²) in [6.07, 6.45) is 7.60. The molecule has 0 atom stereocenters.